The average molecular weight is 415 g/mol. The summed E-state index contributed by atoms with van der Waals surface area (Å²) in [6.45, 7) is 6.71. The summed E-state index contributed by atoms with van der Waals surface area (Å²) in [6.07, 6.45) is 0. The van der Waals surface area contributed by atoms with Gasteiger partial charge < -0.3 is 9.73 Å². The molecule has 4 rings (SSSR count). The summed E-state index contributed by atoms with van der Waals surface area (Å²) in [5.74, 6) is -0.0883. The van der Waals surface area contributed by atoms with E-state index in [-0.39, 0.29) is 18.1 Å². The van der Waals surface area contributed by atoms with Crippen LogP contribution in [0.1, 0.15) is 22.3 Å². The number of hydrogen-bond acceptors (Lipinski definition) is 4. The number of carbonyl (C=O) groups is 1. The van der Waals surface area contributed by atoms with Gasteiger partial charge in [0, 0.05) is 23.7 Å². The van der Waals surface area contributed by atoms with Crippen molar-refractivity contribution in [3.63, 3.8) is 0 Å². The second-order valence-corrected chi connectivity index (χ2v) is 8.24. The fraction of sp³-hybridized carbons (Fsp3) is 0.231. The van der Waals surface area contributed by atoms with Gasteiger partial charge in [-0.2, -0.15) is 0 Å². The smallest absolute Gasteiger partial charge is 0.336 e. The Morgan fingerprint density at radius 2 is 1.71 bits per heavy atom. The Morgan fingerprint density at radius 1 is 1.00 bits per heavy atom. The fourth-order valence-corrected chi connectivity index (χ4v) is 4.29. The van der Waals surface area contributed by atoms with E-state index in [1.165, 1.54) is 11.6 Å². The van der Waals surface area contributed by atoms with Crippen LogP contribution in [0, 0.1) is 20.8 Å². The topological polar surface area (TPSA) is 62.6 Å². The quantitative estimate of drug-likeness (QED) is 0.371. The highest BCUT2D eigenvalue weighted by Gasteiger charge is 2.14. The van der Waals surface area contributed by atoms with Crippen molar-refractivity contribution >= 4 is 33.3 Å². The highest BCUT2D eigenvalue weighted by molar-refractivity contribution is 6.07. The van der Waals surface area contributed by atoms with Crippen molar-refractivity contribution in [1.82, 2.24) is 4.90 Å². The van der Waals surface area contributed by atoms with Crippen LogP contribution < -0.4 is 10.9 Å². The molecule has 5 nitrogen and oxygen atoms in total. The summed E-state index contributed by atoms with van der Waals surface area (Å²) in [4.78, 5) is 26.7. The zero-order valence-corrected chi connectivity index (χ0v) is 18.3. The lowest BCUT2D eigenvalue weighted by molar-refractivity contribution is -0.117. The van der Waals surface area contributed by atoms with E-state index in [9.17, 15) is 9.59 Å². The Morgan fingerprint density at radius 3 is 2.45 bits per heavy atom. The first-order chi connectivity index (χ1) is 14.8. The van der Waals surface area contributed by atoms with Crippen LogP contribution in [0.3, 0.4) is 0 Å². The largest absolute Gasteiger partial charge is 0.423 e. The van der Waals surface area contributed by atoms with Crippen LogP contribution in [0.25, 0.3) is 21.7 Å². The molecule has 0 aliphatic carbocycles. The van der Waals surface area contributed by atoms with Gasteiger partial charge in [-0.15, -0.1) is 0 Å². The molecule has 0 saturated carbocycles. The predicted molar refractivity (Wildman–Crippen MR) is 126 cm³/mol. The normalized spacial score (nSPS) is 11.4. The van der Waals surface area contributed by atoms with Crippen molar-refractivity contribution in [2.75, 3.05) is 18.9 Å². The summed E-state index contributed by atoms with van der Waals surface area (Å²) >= 11 is 0. The molecule has 5 heteroatoms. The maximum Gasteiger partial charge on any atom is 0.336 e. The Balaban J connectivity index is 1.59. The second kappa shape index (κ2) is 8.36. The van der Waals surface area contributed by atoms with Crippen LogP contribution in [0.5, 0.6) is 0 Å². The van der Waals surface area contributed by atoms with E-state index in [1.54, 1.807) is 0 Å². The van der Waals surface area contributed by atoms with Gasteiger partial charge in [0.05, 0.1) is 6.54 Å². The molecule has 1 heterocycles. The molecule has 0 bridgehead atoms. The van der Waals surface area contributed by atoms with Crippen LogP contribution in [-0.2, 0) is 11.3 Å². The van der Waals surface area contributed by atoms with Gasteiger partial charge in [-0.1, -0.05) is 48.0 Å². The number of likely N-dealkylation sites (N-methyl/N-ethyl adjacent to an activating group) is 1. The number of hydrogen-bond donors (Lipinski definition) is 1. The van der Waals surface area contributed by atoms with Gasteiger partial charge in [0.1, 0.15) is 5.58 Å². The van der Waals surface area contributed by atoms with E-state index in [2.05, 4.69) is 17.4 Å². The number of aryl methyl sites for hydroxylation is 3. The van der Waals surface area contributed by atoms with Crippen LogP contribution in [0.15, 0.2) is 63.8 Å². The standard InChI is InChI=1S/C26H26N2O3/c1-16-11-17(2)26(18(3)12-16)27-23(29)15-28(4)14-20-13-24(30)31-22-10-9-19-7-5-6-8-21(19)25(20)22/h5-13H,14-15H2,1-4H3,(H,27,29). The van der Waals surface area contributed by atoms with Crippen LogP contribution in [-0.4, -0.2) is 24.4 Å². The van der Waals surface area contributed by atoms with E-state index in [0.29, 0.717) is 12.1 Å². The van der Waals surface area contributed by atoms with Crippen molar-refractivity contribution in [2.45, 2.75) is 27.3 Å². The van der Waals surface area contributed by atoms with E-state index >= 15 is 0 Å². The molecule has 1 aromatic heterocycles. The molecule has 158 valence electrons. The zero-order chi connectivity index (χ0) is 22.1. The minimum Gasteiger partial charge on any atom is -0.423 e. The first kappa shape index (κ1) is 20.8. The minimum atomic E-state index is -0.387. The molecular formula is C26H26N2O3. The molecule has 0 spiro atoms. The van der Waals surface area contributed by atoms with Gasteiger partial charge in [0.2, 0.25) is 5.91 Å². The zero-order valence-electron chi connectivity index (χ0n) is 18.3. The number of rotatable bonds is 5. The van der Waals surface area contributed by atoms with Gasteiger partial charge in [0.25, 0.3) is 0 Å². The molecule has 4 aromatic rings. The van der Waals surface area contributed by atoms with Crippen molar-refractivity contribution in [1.29, 1.82) is 0 Å². The van der Waals surface area contributed by atoms with Gasteiger partial charge in [-0.25, -0.2) is 4.79 Å². The van der Waals surface area contributed by atoms with Crippen molar-refractivity contribution in [2.24, 2.45) is 0 Å². The monoisotopic (exact) mass is 414 g/mol. The first-order valence-electron chi connectivity index (χ1n) is 10.3. The maximum atomic E-state index is 12.7. The Labute approximate surface area is 181 Å². The molecule has 0 saturated heterocycles. The molecule has 0 unspecified atom stereocenters. The highest BCUT2D eigenvalue weighted by Crippen LogP contribution is 2.28. The lowest BCUT2D eigenvalue weighted by Crippen LogP contribution is -2.30. The summed E-state index contributed by atoms with van der Waals surface area (Å²) in [6, 6.07) is 17.4. The summed E-state index contributed by atoms with van der Waals surface area (Å²) < 4.78 is 5.43. The molecule has 0 aliphatic heterocycles. The lowest BCUT2D eigenvalue weighted by Gasteiger charge is -2.19. The number of nitrogens with zero attached hydrogens (tertiary/aromatic N) is 1. The van der Waals surface area contributed by atoms with Crippen molar-refractivity contribution < 1.29 is 9.21 Å². The van der Waals surface area contributed by atoms with Gasteiger partial charge in [0.15, 0.2) is 0 Å². The van der Waals surface area contributed by atoms with Crippen molar-refractivity contribution in [3.05, 3.63) is 87.3 Å². The molecule has 1 N–H and O–H groups in total. The number of nitrogens with one attached hydrogen (secondary N) is 1. The molecule has 1 amide bonds. The van der Waals surface area contributed by atoms with Crippen LogP contribution in [0.2, 0.25) is 0 Å². The Hall–Kier alpha value is -3.44. The SMILES string of the molecule is Cc1cc(C)c(NC(=O)CN(C)Cc2cc(=O)oc3ccc4ccccc4c23)c(C)c1. The number of fused-ring (bicyclic) bond motifs is 3. The molecule has 0 atom stereocenters. The van der Waals surface area contributed by atoms with Gasteiger partial charge >= 0.3 is 5.63 Å². The summed E-state index contributed by atoms with van der Waals surface area (Å²) in [5, 5.41) is 6.06. The third kappa shape index (κ3) is 4.37. The third-order valence-electron chi connectivity index (χ3n) is 5.51. The van der Waals surface area contributed by atoms with E-state index in [0.717, 1.165) is 38.5 Å². The second-order valence-electron chi connectivity index (χ2n) is 8.24. The van der Waals surface area contributed by atoms with E-state index in [4.69, 9.17) is 4.42 Å². The maximum absolute atomic E-state index is 12.7. The molecule has 3 aromatic carbocycles. The van der Waals surface area contributed by atoms with Crippen molar-refractivity contribution in [3.8, 4) is 0 Å². The highest BCUT2D eigenvalue weighted by atomic mass is 16.4. The Kier molecular flexibility index (Phi) is 5.61. The fourth-order valence-electron chi connectivity index (χ4n) is 4.29. The third-order valence-corrected chi connectivity index (χ3v) is 5.51. The van der Waals surface area contributed by atoms with E-state index < -0.39 is 0 Å². The lowest BCUT2D eigenvalue weighted by atomic mass is 10.0. The molecule has 0 aliphatic rings. The molecule has 0 radical (unpaired) electrons. The number of benzene rings is 3. The Bertz CT molecular complexity index is 1330. The summed E-state index contributed by atoms with van der Waals surface area (Å²) in [5.41, 5.74) is 5.15. The molecular weight excluding hydrogens is 388 g/mol. The number of amides is 1. The molecule has 31 heavy (non-hydrogen) atoms. The van der Waals surface area contributed by atoms with Gasteiger partial charge in [-0.05, 0) is 61.3 Å². The van der Waals surface area contributed by atoms with Crippen LogP contribution >= 0.6 is 0 Å². The first-order valence-corrected chi connectivity index (χ1v) is 10.3. The average Bonchev–Trinajstić information content (AvgIpc) is 2.70. The molecule has 0 fully saturated rings. The van der Waals surface area contributed by atoms with E-state index in [1.807, 2.05) is 69.1 Å². The number of carbonyl (C=O) groups excluding carboxylic acids is 1. The predicted octanol–water partition coefficient (Wildman–Crippen LogP) is 4.94. The van der Waals surface area contributed by atoms with Crippen LogP contribution in [0.4, 0.5) is 5.69 Å². The van der Waals surface area contributed by atoms with Gasteiger partial charge in [-0.3, -0.25) is 9.69 Å². The number of anilines is 1. The summed E-state index contributed by atoms with van der Waals surface area (Å²) in [7, 11) is 1.88. The minimum absolute atomic E-state index is 0.0883.